The third-order valence-electron chi connectivity index (χ3n) is 4.95. The molecule has 0 unspecified atom stereocenters. The molecule has 24 heavy (non-hydrogen) atoms. The second-order valence-electron chi connectivity index (χ2n) is 6.72. The molecule has 1 aliphatic heterocycles. The first kappa shape index (κ1) is 15.8. The molecule has 0 bridgehead atoms. The van der Waals surface area contributed by atoms with Crippen LogP contribution >= 0.6 is 11.3 Å². The highest BCUT2D eigenvalue weighted by Gasteiger charge is 2.23. The van der Waals surface area contributed by atoms with E-state index in [1.807, 2.05) is 34.6 Å². The van der Waals surface area contributed by atoms with Crippen LogP contribution in [0.3, 0.4) is 0 Å². The maximum atomic E-state index is 11.9. The quantitative estimate of drug-likeness (QED) is 0.868. The first-order valence-corrected chi connectivity index (χ1v) is 9.66. The van der Waals surface area contributed by atoms with Crippen molar-refractivity contribution in [1.29, 1.82) is 0 Å². The minimum Gasteiger partial charge on any atom is -0.312 e. The first-order chi connectivity index (χ1) is 11.8. The van der Waals surface area contributed by atoms with Crippen LogP contribution in [0.15, 0.2) is 30.5 Å². The minimum atomic E-state index is 0.244. The standard InChI is InChI=1S/C19H23N3OS/c23-18-8-3-9-22(18)16-7-1-4-14(10-16)11-20-12-17-13-21-19(24-17)15-5-2-6-15/h1,4,7,10,13,15,20H,2-3,5-6,8-9,11-12H2. The molecule has 4 rings (SSSR count). The predicted octanol–water partition coefficient (Wildman–Crippen LogP) is 3.83. The summed E-state index contributed by atoms with van der Waals surface area (Å²) in [5.74, 6) is 0.965. The van der Waals surface area contributed by atoms with E-state index in [0.717, 1.165) is 37.7 Å². The predicted molar refractivity (Wildman–Crippen MR) is 97.3 cm³/mol. The van der Waals surface area contributed by atoms with Gasteiger partial charge in [0.15, 0.2) is 0 Å². The van der Waals surface area contributed by atoms with Gasteiger partial charge in [0, 0.05) is 48.7 Å². The zero-order valence-corrected chi connectivity index (χ0v) is 14.6. The average Bonchev–Trinajstić information content (AvgIpc) is 3.15. The van der Waals surface area contributed by atoms with E-state index in [9.17, 15) is 4.79 Å². The third kappa shape index (κ3) is 3.37. The molecule has 4 nitrogen and oxygen atoms in total. The number of amides is 1. The Morgan fingerprint density at radius 3 is 2.92 bits per heavy atom. The summed E-state index contributed by atoms with van der Waals surface area (Å²) in [6, 6.07) is 8.31. The lowest BCUT2D eigenvalue weighted by atomic mass is 9.86. The highest BCUT2D eigenvalue weighted by molar-refractivity contribution is 7.11. The van der Waals surface area contributed by atoms with Crippen molar-refractivity contribution in [3.8, 4) is 0 Å². The van der Waals surface area contributed by atoms with Crippen LogP contribution in [0.25, 0.3) is 0 Å². The van der Waals surface area contributed by atoms with Crippen molar-refractivity contribution in [3.05, 3.63) is 45.9 Å². The highest BCUT2D eigenvalue weighted by atomic mass is 32.1. The summed E-state index contributed by atoms with van der Waals surface area (Å²) in [6.07, 6.45) is 7.64. The summed E-state index contributed by atoms with van der Waals surface area (Å²) in [5.41, 5.74) is 2.25. The molecular weight excluding hydrogens is 318 g/mol. The SMILES string of the molecule is O=C1CCCN1c1cccc(CNCc2cnc(C3CCC3)s2)c1. The fourth-order valence-electron chi connectivity index (χ4n) is 3.33. The summed E-state index contributed by atoms with van der Waals surface area (Å²) < 4.78 is 0. The number of carbonyl (C=O) groups is 1. The van der Waals surface area contributed by atoms with E-state index >= 15 is 0 Å². The van der Waals surface area contributed by atoms with Crippen LogP contribution in [-0.2, 0) is 17.9 Å². The van der Waals surface area contributed by atoms with Gasteiger partial charge in [0.2, 0.25) is 5.91 Å². The van der Waals surface area contributed by atoms with E-state index in [2.05, 4.69) is 22.4 Å². The summed E-state index contributed by atoms with van der Waals surface area (Å²) in [4.78, 5) is 19.7. The van der Waals surface area contributed by atoms with Gasteiger partial charge >= 0.3 is 0 Å². The Bertz CT molecular complexity index is 723. The van der Waals surface area contributed by atoms with Gasteiger partial charge < -0.3 is 10.2 Å². The molecule has 2 heterocycles. The van der Waals surface area contributed by atoms with Crippen molar-refractivity contribution in [2.75, 3.05) is 11.4 Å². The molecule has 1 aromatic carbocycles. The van der Waals surface area contributed by atoms with E-state index in [1.54, 1.807) is 0 Å². The summed E-state index contributed by atoms with van der Waals surface area (Å²) in [7, 11) is 0. The first-order valence-electron chi connectivity index (χ1n) is 8.84. The molecular formula is C19H23N3OS. The Morgan fingerprint density at radius 2 is 2.17 bits per heavy atom. The van der Waals surface area contributed by atoms with E-state index in [-0.39, 0.29) is 5.91 Å². The van der Waals surface area contributed by atoms with Crippen molar-refractivity contribution in [3.63, 3.8) is 0 Å². The van der Waals surface area contributed by atoms with Crippen LogP contribution in [-0.4, -0.2) is 17.4 Å². The van der Waals surface area contributed by atoms with E-state index < -0.39 is 0 Å². The topological polar surface area (TPSA) is 45.2 Å². The van der Waals surface area contributed by atoms with Crippen molar-refractivity contribution in [1.82, 2.24) is 10.3 Å². The number of rotatable bonds is 6. The maximum Gasteiger partial charge on any atom is 0.227 e. The number of anilines is 1. The van der Waals surface area contributed by atoms with Gasteiger partial charge in [0.05, 0.1) is 5.01 Å². The number of nitrogens with zero attached hydrogens (tertiary/aromatic N) is 2. The monoisotopic (exact) mass is 341 g/mol. The van der Waals surface area contributed by atoms with Gasteiger partial charge in [-0.3, -0.25) is 4.79 Å². The van der Waals surface area contributed by atoms with Crippen LogP contribution in [0.2, 0.25) is 0 Å². The molecule has 2 fully saturated rings. The number of benzene rings is 1. The van der Waals surface area contributed by atoms with Crippen LogP contribution in [0.5, 0.6) is 0 Å². The van der Waals surface area contributed by atoms with Crippen molar-refractivity contribution in [2.24, 2.45) is 0 Å². The largest absolute Gasteiger partial charge is 0.312 e. The summed E-state index contributed by atoms with van der Waals surface area (Å²) in [6.45, 7) is 2.52. The lowest BCUT2D eigenvalue weighted by Crippen LogP contribution is -2.23. The number of aromatic nitrogens is 1. The maximum absolute atomic E-state index is 11.9. The van der Waals surface area contributed by atoms with E-state index in [1.165, 1.54) is 34.7 Å². The number of nitrogens with one attached hydrogen (secondary N) is 1. The molecule has 0 spiro atoms. The second kappa shape index (κ2) is 7.03. The van der Waals surface area contributed by atoms with Gasteiger partial charge in [0.25, 0.3) is 0 Å². The number of carbonyl (C=O) groups excluding carboxylic acids is 1. The van der Waals surface area contributed by atoms with Gasteiger partial charge in [-0.1, -0.05) is 18.6 Å². The number of hydrogen-bond donors (Lipinski definition) is 1. The molecule has 5 heteroatoms. The van der Waals surface area contributed by atoms with Crippen LogP contribution < -0.4 is 10.2 Å². The average molecular weight is 341 g/mol. The molecule has 1 saturated carbocycles. The molecule has 1 aliphatic carbocycles. The number of hydrogen-bond acceptors (Lipinski definition) is 4. The molecule has 1 N–H and O–H groups in total. The van der Waals surface area contributed by atoms with E-state index in [0.29, 0.717) is 6.42 Å². The summed E-state index contributed by atoms with van der Waals surface area (Å²) in [5, 5.41) is 4.81. The molecule has 0 atom stereocenters. The summed E-state index contributed by atoms with van der Waals surface area (Å²) >= 11 is 1.85. The van der Waals surface area contributed by atoms with Gasteiger partial charge in [-0.2, -0.15) is 0 Å². The smallest absolute Gasteiger partial charge is 0.227 e. The molecule has 2 aromatic rings. The van der Waals surface area contributed by atoms with Gasteiger partial charge in [0.1, 0.15) is 0 Å². The third-order valence-corrected chi connectivity index (χ3v) is 6.11. The Labute approximate surface area is 146 Å². The van der Waals surface area contributed by atoms with Crippen LogP contribution in [0, 0.1) is 0 Å². The highest BCUT2D eigenvalue weighted by Crippen LogP contribution is 2.38. The Morgan fingerprint density at radius 1 is 1.25 bits per heavy atom. The van der Waals surface area contributed by atoms with Crippen molar-refractivity contribution in [2.45, 2.75) is 51.1 Å². The Kier molecular flexibility index (Phi) is 4.63. The van der Waals surface area contributed by atoms with E-state index in [4.69, 9.17) is 0 Å². The number of thiazole rings is 1. The van der Waals surface area contributed by atoms with Crippen LogP contribution in [0.4, 0.5) is 5.69 Å². The molecule has 1 aromatic heterocycles. The Hall–Kier alpha value is -1.72. The fourth-order valence-corrected chi connectivity index (χ4v) is 4.39. The molecule has 2 aliphatic rings. The van der Waals surface area contributed by atoms with Crippen LogP contribution in [0.1, 0.15) is 53.5 Å². The second-order valence-corrected chi connectivity index (χ2v) is 7.86. The van der Waals surface area contributed by atoms with Crippen molar-refractivity contribution < 1.29 is 4.79 Å². The lowest BCUT2D eigenvalue weighted by molar-refractivity contribution is -0.117. The Balaban J connectivity index is 1.32. The molecule has 1 amide bonds. The lowest BCUT2D eigenvalue weighted by Gasteiger charge is -2.22. The van der Waals surface area contributed by atoms with Crippen molar-refractivity contribution >= 4 is 22.9 Å². The molecule has 126 valence electrons. The van der Waals surface area contributed by atoms with Gasteiger partial charge in [-0.25, -0.2) is 4.98 Å². The fraction of sp³-hybridized carbons (Fsp3) is 0.474. The molecule has 1 saturated heterocycles. The zero-order chi connectivity index (χ0) is 16.4. The van der Waals surface area contributed by atoms with Gasteiger partial charge in [-0.05, 0) is 37.0 Å². The molecule has 0 radical (unpaired) electrons. The minimum absolute atomic E-state index is 0.244. The van der Waals surface area contributed by atoms with Gasteiger partial charge in [-0.15, -0.1) is 11.3 Å². The zero-order valence-electron chi connectivity index (χ0n) is 13.8. The normalized spacial score (nSPS) is 18.2.